The summed E-state index contributed by atoms with van der Waals surface area (Å²) in [6.07, 6.45) is 0.807. The van der Waals surface area contributed by atoms with Crippen LogP contribution in [0.2, 0.25) is 0 Å². The zero-order valence-corrected chi connectivity index (χ0v) is 17.8. The highest BCUT2D eigenvalue weighted by Gasteiger charge is 2.34. The molecule has 0 spiro atoms. The lowest BCUT2D eigenvalue weighted by Gasteiger charge is -2.38. The van der Waals surface area contributed by atoms with Crippen molar-refractivity contribution < 1.29 is 9.53 Å². The summed E-state index contributed by atoms with van der Waals surface area (Å²) in [6, 6.07) is 13.6. The van der Waals surface area contributed by atoms with Gasteiger partial charge < -0.3 is 20.3 Å². The average molecular weight is 398 g/mol. The number of hydrogen-bond donors (Lipinski definition) is 2. The zero-order valence-electron chi connectivity index (χ0n) is 17.0. The van der Waals surface area contributed by atoms with Crippen LogP contribution >= 0.6 is 12.2 Å². The van der Waals surface area contributed by atoms with Gasteiger partial charge in [-0.25, -0.2) is 0 Å². The van der Waals surface area contributed by atoms with E-state index in [1.54, 1.807) is 31.1 Å². The molecule has 0 aromatic heterocycles. The van der Waals surface area contributed by atoms with E-state index in [4.69, 9.17) is 17.0 Å². The van der Waals surface area contributed by atoms with Gasteiger partial charge in [-0.15, -0.1) is 0 Å². The second-order valence-corrected chi connectivity index (χ2v) is 8.44. The van der Waals surface area contributed by atoms with Gasteiger partial charge >= 0.3 is 0 Å². The Morgan fingerprint density at radius 1 is 1.18 bits per heavy atom. The molecule has 0 saturated carbocycles. The van der Waals surface area contributed by atoms with Crippen molar-refractivity contribution in [1.82, 2.24) is 10.2 Å². The fourth-order valence-corrected chi connectivity index (χ4v) is 3.63. The Morgan fingerprint density at radius 3 is 2.50 bits per heavy atom. The molecule has 6 heteroatoms. The minimum absolute atomic E-state index is 0.0245. The van der Waals surface area contributed by atoms with Gasteiger partial charge in [0, 0.05) is 37.3 Å². The minimum atomic E-state index is -0.276. The number of nitrogens with zero attached hydrogens (tertiary/aromatic N) is 1. The lowest BCUT2D eigenvalue weighted by Crippen LogP contribution is -2.42. The van der Waals surface area contributed by atoms with Crippen LogP contribution in [0.25, 0.3) is 0 Å². The second-order valence-electron chi connectivity index (χ2n) is 8.04. The van der Waals surface area contributed by atoms with Crippen LogP contribution in [-0.4, -0.2) is 35.6 Å². The van der Waals surface area contributed by atoms with Crippen LogP contribution in [-0.2, 0) is 0 Å². The van der Waals surface area contributed by atoms with Crippen LogP contribution in [0.3, 0.4) is 0 Å². The summed E-state index contributed by atoms with van der Waals surface area (Å²) < 4.78 is 6.15. The maximum atomic E-state index is 12.0. The van der Waals surface area contributed by atoms with E-state index in [-0.39, 0.29) is 17.6 Å². The zero-order chi connectivity index (χ0) is 20.5. The van der Waals surface area contributed by atoms with E-state index in [9.17, 15) is 4.79 Å². The average Bonchev–Trinajstić information content (AvgIpc) is 2.60. The Kier molecular flexibility index (Phi) is 5.61. The first kappa shape index (κ1) is 20.1. The number of ether oxygens (including phenoxy) is 1. The van der Waals surface area contributed by atoms with Crippen LogP contribution in [0.5, 0.6) is 5.75 Å². The fraction of sp³-hybridized carbons (Fsp3) is 0.364. The highest BCUT2D eigenvalue weighted by atomic mass is 32.1. The van der Waals surface area contributed by atoms with E-state index in [1.165, 1.54) is 5.56 Å². The van der Waals surface area contributed by atoms with Crippen LogP contribution in [0.15, 0.2) is 42.5 Å². The standard InChI is InChI=1S/C22H27N3O2S/c1-14-6-11-17-18(13-22(2,3)27-19(17)12-14)24-21(28)23-16-9-7-15(8-10-16)20(26)25(4)5/h6-12,18H,13H2,1-5H3,(H2,23,24,28)/t18-/m1/s1. The number of thiocarbonyl (C=S) groups is 1. The summed E-state index contributed by atoms with van der Waals surface area (Å²) in [5.41, 5.74) is 3.49. The lowest BCUT2D eigenvalue weighted by atomic mass is 9.89. The largest absolute Gasteiger partial charge is 0.487 e. The quantitative estimate of drug-likeness (QED) is 0.757. The number of benzene rings is 2. The molecule has 0 radical (unpaired) electrons. The van der Waals surface area contributed by atoms with Crippen molar-refractivity contribution in [3.63, 3.8) is 0 Å². The smallest absolute Gasteiger partial charge is 0.253 e. The molecule has 0 bridgehead atoms. The SMILES string of the molecule is Cc1ccc2c(c1)OC(C)(C)C[C@H]2NC(=S)Nc1ccc(C(=O)N(C)C)cc1. The molecule has 0 aliphatic carbocycles. The van der Waals surface area contributed by atoms with Crippen LogP contribution in [0, 0.1) is 6.92 Å². The second kappa shape index (κ2) is 7.80. The van der Waals surface area contributed by atoms with Crippen molar-refractivity contribution in [2.24, 2.45) is 0 Å². The Balaban J connectivity index is 1.70. The highest BCUT2D eigenvalue weighted by Crippen LogP contribution is 2.39. The topological polar surface area (TPSA) is 53.6 Å². The van der Waals surface area contributed by atoms with Crippen LogP contribution < -0.4 is 15.4 Å². The summed E-state index contributed by atoms with van der Waals surface area (Å²) in [4.78, 5) is 13.6. The molecule has 1 amide bonds. The van der Waals surface area contributed by atoms with Gasteiger partial charge in [-0.2, -0.15) is 0 Å². The maximum absolute atomic E-state index is 12.0. The molecule has 0 saturated heterocycles. The Hall–Kier alpha value is -2.60. The molecule has 1 aliphatic heterocycles. The molecule has 2 aromatic rings. The molecule has 3 rings (SSSR count). The van der Waals surface area contributed by atoms with Crippen molar-refractivity contribution >= 4 is 28.9 Å². The van der Waals surface area contributed by atoms with Gasteiger partial charge in [-0.05, 0) is 68.9 Å². The van der Waals surface area contributed by atoms with Gasteiger partial charge in [0.05, 0.1) is 6.04 Å². The number of anilines is 1. The van der Waals surface area contributed by atoms with Crippen molar-refractivity contribution in [1.29, 1.82) is 0 Å². The van der Waals surface area contributed by atoms with Crippen LogP contribution in [0.1, 0.15) is 47.8 Å². The van der Waals surface area contributed by atoms with Crippen LogP contribution in [0.4, 0.5) is 5.69 Å². The molecule has 1 heterocycles. The molecule has 148 valence electrons. The number of fused-ring (bicyclic) bond motifs is 1. The maximum Gasteiger partial charge on any atom is 0.253 e. The minimum Gasteiger partial charge on any atom is -0.487 e. The number of aryl methyl sites for hydroxylation is 1. The van der Waals surface area contributed by atoms with E-state index in [1.807, 2.05) is 12.1 Å². The van der Waals surface area contributed by atoms with E-state index >= 15 is 0 Å². The monoisotopic (exact) mass is 397 g/mol. The number of rotatable bonds is 3. The number of carbonyl (C=O) groups is 1. The van der Waals surface area contributed by atoms with Gasteiger partial charge in [0.1, 0.15) is 11.4 Å². The number of amides is 1. The number of nitrogens with one attached hydrogen (secondary N) is 2. The van der Waals surface area contributed by atoms with Crippen molar-refractivity contribution in [2.75, 3.05) is 19.4 Å². The first-order chi connectivity index (χ1) is 13.1. The fourth-order valence-electron chi connectivity index (χ4n) is 3.37. The Morgan fingerprint density at radius 2 is 1.86 bits per heavy atom. The molecule has 0 fully saturated rings. The lowest BCUT2D eigenvalue weighted by molar-refractivity contribution is 0.0696. The predicted octanol–water partition coefficient (Wildman–Crippen LogP) is 4.29. The normalized spacial score (nSPS) is 17.1. The number of carbonyl (C=O) groups excluding carboxylic acids is 1. The summed E-state index contributed by atoms with van der Waals surface area (Å²) in [6.45, 7) is 6.23. The van der Waals surface area contributed by atoms with Gasteiger partial charge in [0.25, 0.3) is 5.91 Å². The summed E-state index contributed by atoms with van der Waals surface area (Å²) >= 11 is 5.53. The highest BCUT2D eigenvalue weighted by molar-refractivity contribution is 7.80. The third-order valence-electron chi connectivity index (χ3n) is 4.73. The molecule has 28 heavy (non-hydrogen) atoms. The van der Waals surface area contributed by atoms with Gasteiger partial charge in [0.15, 0.2) is 5.11 Å². The summed E-state index contributed by atoms with van der Waals surface area (Å²) in [5, 5.41) is 7.17. The van der Waals surface area contributed by atoms with Gasteiger partial charge in [0.2, 0.25) is 0 Å². The van der Waals surface area contributed by atoms with E-state index in [2.05, 4.69) is 49.6 Å². The first-order valence-electron chi connectivity index (χ1n) is 9.33. The molecular formula is C22H27N3O2S. The summed E-state index contributed by atoms with van der Waals surface area (Å²) in [5.74, 6) is 0.881. The third-order valence-corrected chi connectivity index (χ3v) is 4.95. The molecule has 1 atom stereocenters. The first-order valence-corrected chi connectivity index (χ1v) is 9.74. The Bertz CT molecular complexity index is 891. The summed E-state index contributed by atoms with van der Waals surface area (Å²) in [7, 11) is 3.48. The predicted molar refractivity (Wildman–Crippen MR) is 117 cm³/mol. The molecule has 2 N–H and O–H groups in total. The van der Waals surface area contributed by atoms with Crippen molar-refractivity contribution in [3.05, 3.63) is 59.2 Å². The molecule has 2 aromatic carbocycles. The van der Waals surface area contributed by atoms with Crippen molar-refractivity contribution in [2.45, 2.75) is 38.8 Å². The van der Waals surface area contributed by atoms with E-state index in [0.717, 1.165) is 23.4 Å². The van der Waals surface area contributed by atoms with E-state index < -0.39 is 0 Å². The van der Waals surface area contributed by atoms with Crippen molar-refractivity contribution in [3.8, 4) is 5.75 Å². The molecule has 0 unspecified atom stereocenters. The van der Waals surface area contributed by atoms with Gasteiger partial charge in [-0.1, -0.05) is 12.1 Å². The number of hydrogen-bond acceptors (Lipinski definition) is 3. The Labute approximate surface area is 172 Å². The molecular weight excluding hydrogens is 370 g/mol. The third kappa shape index (κ3) is 4.62. The van der Waals surface area contributed by atoms with E-state index in [0.29, 0.717) is 10.7 Å². The van der Waals surface area contributed by atoms with Gasteiger partial charge in [-0.3, -0.25) is 4.79 Å². The molecule has 5 nitrogen and oxygen atoms in total. The molecule has 1 aliphatic rings.